The van der Waals surface area contributed by atoms with Gasteiger partial charge in [-0.3, -0.25) is 0 Å². The summed E-state index contributed by atoms with van der Waals surface area (Å²) >= 11 is 5.68. The highest BCUT2D eigenvalue weighted by molar-refractivity contribution is 6.30. The summed E-state index contributed by atoms with van der Waals surface area (Å²) in [6.45, 7) is 0. The first-order valence-electron chi connectivity index (χ1n) is 5.93. The third-order valence-corrected chi connectivity index (χ3v) is 3.15. The van der Waals surface area contributed by atoms with Gasteiger partial charge in [-0.25, -0.2) is 9.37 Å². The van der Waals surface area contributed by atoms with Crippen LogP contribution in [0.15, 0.2) is 36.4 Å². The maximum absolute atomic E-state index is 13.0. The molecule has 0 bridgehead atoms. The van der Waals surface area contributed by atoms with Gasteiger partial charge in [0.25, 0.3) is 0 Å². The van der Waals surface area contributed by atoms with E-state index in [1.165, 1.54) is 18.2 Å². The SMILES string of the molecule is OC(Cc1cccc(F)c1)c1ccc(C(F)(F)F)nc1Cl. The van der Waals surface area contributed by atoms with Crippen LogP contribution in [-0.2, 0) is 12.6 Å². The lowest BCUT2D eigenvalue weighted by molar-refractivity contribution is -0.141. The van der Waals surface area contributed by atoms with Crippen LogP contribution >= 0.6 is 11.6 Å². The molecule has 0 aliphatic heterocycles. The molecule has 0 aliphatic carbocycles. The number of aliphatic hydroxyl groups excluding tert-OH is 1. The standard InChI is InChI=1S/C14H10ClF4NO/c15-13-10(4-5-12(20-13)14(17,18)19)11(21)7-8-2-1-3-9(16)6-8/h1-6,11,21H,7H2. The molecule has 0 aliphatic rings. The van der Waals surface area contributed by atoms with Crippen LogP contribution in [0.3, 0.4) is 0 Å². The van der Waals surface area contributed by atoms with Crippen molar-refractivity contribution in [3.05, 3.63) is 64.2 Å². The molecule has 1 unspecified atom stereocenters. The van der Waals surface area contributed by atoms with Crippen molar-refractivity contribution in [2.75, 3.05) is 0 Å². The number of benzene rings is 1. The van der Waals surface area contributed by atoms with E-state index in [4.69, 9.17) is 11.6 Å². The minimum Gasteiger partial charge on any atom is -0.388 e. The number of pyridine rings is 1. The summed E-state index contributed by atoms with van der Waals surface area (Å²) in [4.78, 5) is 3.23. The van der Waals surface area contributed by atoms with Crippen LogP contribution in [0.5, 0.6) is 0 Å². The fourth-order valence-corrected chi connectivity index (χ4v) is 2.13. The number of aliphatic hydroxyl groups is 1. The van der Waals surface area contributed by atoms with Crippen molar-refractivity contribution in [3.8, 4) is 0 Å². The molecule has 2 aromatic rings. The van der Waals surface area contributed by atoms with Crippen molar-refractivity contribution >= 4 is 11.6 Å². The maximum Gasteiger partial charge on any atom is 0.433 e. The Morgan fingerprint density at radius 1 is 1.19 bits per heavy atom. The van der Waals surface area contributed by atoms with Gasteiger partial charge in [-0.1, -0.05) is 29.8 Å². The summed E-state index contributed by atoms with van der Waals surface area (Å²) in [5.41, 5.74) is -0.568. The molecule has 0 amide bonds. The lowest BCUT2D eigenvalue weighted by atomic mass is 10.0. The summed E-state index contributed by atoms with van der Waals surface area (Å²) in [6.07, 6.45) is -5.76. The van der Waals surface area contributed by atoms with Crippen molar-refractivity contribution in [1.29, 1.82) is 0 Å². The molecule has 7 heteroatoms. The Bertz CT molecular complexity index is 645. The number of nitrogens with zero attached hydrogens (tertiary/aromatic N) is 1. The second-order valence-electron chi connectivity index (χ2n) is 4.42. The van der Waals surface area contributed by atoms with Crippen molar-refractivity contribution in [2.45, 2.75) is 18.7 Å². The molecule has 1 heterocycles. The molecule has 2 rings (SSSR count). The fourth-order valence-electron chi connectivity index (χ4n) is 1.85. The predicted octanol–water partition coefficient (Wildman–Crippen LogP) is 4.17. The molecule has 1 atom stereocenters. The van der Waals surface area contributed by atoms with Crippen LogP contribution in [0.25, 0.3) is 0 Å². The lowest BCUT2D eigenvalue weighted by Gasteiger charge is -2.14. The van der Waals surface area contributed by atoms with E-state index in [0.29, 0.717) is 5.56 Å². The average Bonchev–Trinajstić information content (AvgIpc) is 2.37. The number of halogens is 5. The van der Waals surface area contributed by atoms with E-state index in [1.807, 2.05) is 0 Å². The molecular formula is C14H10ClF4NO. The zero-order valence-electron chi connectivity index (χ0n) is 10.5. The van der Waals surface area contributed by atoms with Gasteiger partial charge in [0.05, 0.1) is 6.10 Å². The number of aromatic nitrogens is 1. The zero-order chi connectivity index (χ0) is 15.6. The normalized spacial score (nSPS) is 13.2. The summed E-state index contributed by atoms with van der Waals surface area (Å²) in [5, 5.41) is 9.59. The molecule has 0 saturated heterocycles. The van der Waals surface area contributed by atoms with Crippen molar-refractivity contribution in [3.63, 3.8) is 0 Å². The Hall–Kier alpha value is -1.66. The van der Waals surface area contributed by atoms with Gasteiger partial charge >= 0.3 is 6.18 Å². The summed E-state index contributed by atoms with van der Waals surface area (Å²) < 4.78 is 50.4. The second kappa shape index (κ2) is 5.99. The van der Waals surface area contributed by atoms with Crippen molar-refractivity contribution in [2.24, 2.45) is 0 Å². The Morgan fingerprint density at radius 3 is 2.48 bits per heavy atom. The van der Waals surface area contributed by atoms with Gasteiger partial charge in [-0.05, 0) is 23.8 Å². The first kappa shape index (κ1) is 15.7. The van der Waals surface area contributed by atoms with Crippen molar-refractivity contribution < 1.29 is 22.7 Å². The van der Waals surface area contributed by atoms with Crippen LogP contribution in [0.1, 0.15) is 22.9 Å². The van der Waals surface area contributed by atoms with Crippen LogP contribution in [0.4, 0.5) is 17.6 Å². The number of alkyl halides is 3. The van der Waals surface area contributed by atoms with Gasteiger partial charge in [0.2, 0.25) is 0 Å². The van der Waals surface area contributed by atoms with E-state index in [-0.39, 0.29) is 12.0 Å². The van der Waals surface area contributed by atoms with Gasteiger partial charge in [0.1, 0.15) is 16.7 Å². The minimum absolute atomic E-state index is 0.0184. The van der Waals surface area contributed by atoms with Gasteiger partial charge < -0.3 is 5.11 Å². The van der Waals surface area contributed by atoms with Crippen LogP contribution in [0, 0.1) is 5.82 Å². The monoisotopic (exact) mass is 319 g/mol. The quantitative estimate of drug-likeness (QED) is 0.680. The number of hydrogen-bond donors (Lipinski definition) is 1. The summed E-state index contributed by atoms with van der Waals surface area (Å²) in [5.74, 6) is -0.462. The van der Waals surface area contributed by atoms with E-state index in [2.05, 4.69) is 4.98 Å². The van der Waals surface area contributed by atoms with Gasteiger partial charge in [-0.2, -0.15) is 13.2 Å². The van der Waals surface area contributed by atoms with E-state index in [1.54, 1.807) is 6.07 Å². The molecule has 1 aromatic carbocycles. The van der Waals surface area contributed by atoms with Crippen LogP contribution < -0.4 is 0 Å². The first-order chi connectivity index (χ1) is 9.77. The average molecular weight is 320 g/mol. The highest BCUT2D eigenvalue weighted by Gasteiger charge is 2.33. The molecule has 2 nitrogen and oxygen atoms in total. The largest absolute Gasteiger partial charge is 0.433 e. The molecule has 21 heavy (non-hydrogen) atoms. The van der Waals surface area contributed by atoms with Gasteiger partial charge in [-0.15, -0.1) is 0 Å². The van der Waals surface area contributed by atoms with Crippen LogP contribution in [0.2, 0.25) is 5.15 Å². The zero-order valence-corrected chi connectivity index (χ0v) is 11.3. The molecule has 1 N–H and O–H groups in total. The van der Waals surface area contributed by atoms with Gasteiger partial charge in [0.15, 0.2) is 0 Å². The van der Waals surface area contributed by atoms with E-state index in [9.17, 15) is 22.7 Å². The van der Waals surface area contributed by atoms with Crippen molar-refractivity contribution in [1.82, 2.24) is 4.98 Å². The third kappa shape index (κ3) is 3.92. The first-order valence-corrected chi connectivity index (χ1v) is 6.31. The summed E-state index contributed by atoms with van der Waals surface area (Å²) in [6, 6.07) is 7.37. The molecule has 0 saturated carbocycles. The molecular weight excluding hydrogens is 310 g/mol. The van der Waals surface area contributed by atoms with E-state index < -0.39 is 28.9 Å². The van der Waals surface area contributed by atoms with E-state index in [0.717, 1.165) is 12.1 Å². The van der Waals surface area contributed by atoms with E-state index >= 15 is 0 Å². The second-order valence-corrected chi connectivity index (χ2v) is 4.78. The van der Waals surface area contributed by atoms with Gasteiger partial charge in [0, 0.05) is 12.0 Å². The Balaban J connectivity index is 2.22. The Labute approximate surface area is 123 Å². The minimum atomic E-state index is -4.60. The Morgan fingerprint density at radius 2 is 1.90 bits per heavy atom. The molecule has 0 fully saturated rings. The molecule has 0 radical (unpaired) electrons. The maximum atomic E-state index is 13.0. The molecule has 1 aromatic heterocycles. The molecule has 112 valence electrons. The number of rotatable bonds is 3. The predicted molar refractivity (Wildman–Crippen MR) is 69.3 cm³/mol. The highest BCUT2D eigenvalue weighted by Crippen LogP contribution is 2.31. The number of hydrogen-bond acceptors (Lipinski definition) is 2. The van der Waals surface area contributed by atoms with Crippen LogP contribution in [-0.4, -0.2) is 10.1 Å². The molecule has 0 spiro atoms. The smallest absolute Gasteiger partial charge is 0.388 e. The topological polar surface area (TPSA) is 33.1 Å². The Kier molecular flexibility index (Phi) is 4.49. The highest BCUT2D eigenvalue weighted by atomic mass is 35.5. The fraction of sp³-hybridized carbons (Fsp3) is 0.214. The lowest BCUT2D eigenvalue weighted by Crippen LogP contribution is -2.10. The summed E-state index contributed by atoms with van der Waals surface area (Å²) in [7, 11) is 0. The third-order valence-electron chi connectivity index (χ3n) is 2.85.